The Morgan fingerprint density at radius 3 is 2.80 bits per heavy atom. The average Bonchev–Trinajstić information content (AvgIpc) is 2.31. The molecule has 2 atom stereocenters. The van der Waals surface area contributed by atoms with E-state index in [9.17, 15) is 0 Å². The molecule has 0 aromatic rings. The van der Waals surface area contributed by atoms with E-state index in [0.29, 0.717) is 6.10 Å². The number of unbranched alkanes of at least 4 members (excludes halogenated alkanes) is 1. The molecule has 0 radical (unpaired) electrons. The second kappa shape index (κ2) is 3.97. The maximum Gasteiger partial charge on any atom is 0.0578 e. The van der Waals surface area contributed by atoms with Crippen molar-refractivity contribution in [1.82, 2.24) is 0 Å². The number of rotatable bonds is 3. The maximum absolute atomic E-state index is 5.57. The van der Waals surface area contributed by atoms with E-state index in [-0.39, 0.29) is 0 Å². The minimum absolute atomic E-state index is 0.593. The fraction of sp³-hybridized carbons (Fsp3) is 1.00. The molecule has 0 amide bonds. The zero-order valence-electron chi connectivity index (χ0n) is 7.10. The highest BCUT2D eigenvalue weighted by Gasteiger charge is 2.20. The second-order valence-corrected chi connectivity index (χ2v) is 3.44. The van der Waals surface area contributed by atoms with Crippen molar-refractivity contribution in [1.29, 1.82) is 0 Å². The van der Waals surface area contributed by atoms with Gasteiger partial charge in [0.05, 0.1) is 6.10 Å². The molecule has 1 aliphatic rings. The lowest BCUT2D eigenvalue weighted by Gasteiger charge is -2.06. The third-order valence-corrected chi connectivity index (χ3v) is 2.16. The largest absolute Gasteiger partial charge is 0.378 e. The van der Waals surface area contributed by atoms with Gasteiger partial charge in [0.25, 0.3) is 0 Å². The van der Waals surface area contributed by atoms with Crippen LogP contribution >= 0.6 is 0 Å². The predicted octanol–water partition coefficient (Wildman–Crippen LogP) is 2.60. The molecule has 1 saturated heterocycles. The summed E-state index contributed by atoms with van der Waals surface area (Å²) in [5.41, 5.74) is 0. The van der Waals surface area contributed by atoms with Crippen molar-refractivity contribution in [2.24, 2.45) is 5.92 Å². The summed E-state index contributed by atoms with van der Waals surface area (Å²) in [5.74, 6) is 0.807. The molecule has 0 unspecified atom stereocenters. The van der Waals surface area contributed by atoms with Gasteiger partial charge in [0.2, 0.25) is 0 Å². The molecule has 1 fully saturated rings. The van der Waals surface area contributed by atoms with Crippen molar-refractivity contribution < 1.29 is 4.74 Å². The van der Waals surface area contributed by atoms with Crippen LogP contribution in [-0.4, -0.2) is 12.7 Å². The number of hydrogen-bond donors (Lipinski definition) is 0. The Balaban J connectivity index is 2.06. The van der Waals surface area contributed by atoms with Crippen LogP contribution in [-0.2, 0) is 4.74 Å². The Morgan fingerprint density at radius 2 is 2.30 bits per heavy atom. The first-order chi connectivity index (χ1) is 4.83. The standard InChI is InChI=1S/C9H18O/c1-3-4-5-9-6-8(2)7-10-9/h8-9H,3-7H2,1-2H3/t8-,9+/m0/s1. The molecule has 0 N–H and O–H groups in total. The summed E-state index contributed by atoms with van der Waals surface area (Å²) >= 11 is 0. The van der Waals surface area contributed by atoms with Crippen LogP contribution in [0, 0.1) is 5.92 Å². The van der Waals surface area contributed by atoms with Crippen LogP contribution in [0.4, 0.5) is 0 Å². The van der Waals surface area contributed by atoms with Crippen LogP contribution in [0.2, 0.25) is 0 Å². The van der Waals surface area contributed by atoms with Gasteiger partial charge in [0.15, 0.2) is 0 Å². The van der Waals surface area contributed by atoms with Crippen LogP contribution in [0.15, 0.2) is 0 Å². The van der Waals surface area contributed by atoms with Crippen LogP contribution in [0.3, 0.4) is 0 Å². The topological polar surface area (TPSA) is 9.23 Å². The summed E-state index contributed by atoms with van der Waals surface area (Å²) in [7, 11) is 0. The highest BCUT2D eigenvalue weighted by molar-refractivity contribution is 4.69. The molecule has 1 heteroatoms. The van der Waals surface area contributed by atoms with Gasteiger partial charge in [-0.1, -0.05) is 26.7 Å². The molecule has 60 valence electrons. The van der Waals surface area contributed by atoms with Gasteiger partial charge in [-0.3, -0.25) is 0 Å². The van der Waals surface area contributed by atoms with Crippen LogP contribution < -0.4 is 0 Å². The molecule has 0 spiro atoms. The van der Waals surface area contributed by atoms with E-state index in [1.165, 1.54) is 25.7 Å². The number of ether oxygens (including phenoxy) is 1. The van der Waals surface area contributed by atoms with E-state index < -0.39 is 0 Å². The molecule has 0 aromatic carbocycles. The fourth-order valence-corrected chi connectivity index (χ4v) is 1.52. The van der Waals surface area contributed by atoms with Crippen molar-refractivity contribution in [3.8, 4) is 0 Å². The Bertz CT molecular complexity index is 90.7. The fourth-order valence-electron chi connectivity index (χ4n) is 1.52. The van der Waals surface area contributed by atoms with Gasteiger partial charge in [-0.2, -0.15) is 0 Å². The molecule has 0 aromatic heterocycles. The van der Waals surface area contributed by atoms with Gasteiger partial charge in [-0.05, 0) is 18.8 Å². The van der Waals surface area contributed by atoms with Gasteiger partial charge in [0, 0.05) is 6.61 Å². The molecule has 0 aliphatic carbocycles. The third kappa shape index (κ3) is 2.30. The molecule has 0 bridgehead atoms. The molecule has 10 heavy (non-hydrogen) atoms. The Morgan fingerprint density at radius 1 is 1.50 bits per heavy atom. The predicted molar refractivity (Wildman–Crippen MR) is 43.0 cm³/mol. The Hall–Kier alpha value is -0.0400. The highest BCUT2D eigenvalue weighted by atomic mass is 16.5. The quantitative estimate of drug-likeness (QED) is 0.588. The van der Waals surface area contributed by atoms with E-state index in [1.54, 1.807) is 0 Å². The third-order valence-electron chi connectivity index (χ3n) is 2.16. The van der Waals surface area contributed by atoms with E-state index in [4.69, 9.17) is 4.74 Å². The minimum atomic E-state index is 0.593. The van der Waals surface area contributed by atoms with Crippen LogP contribution in [0.1, 0.15) is 39.5 Å². The average molecular weight is 142 g/mol. The SMILES string of the molecule is CCCC[C@@H]1C[C@H](C)CO1. The Kier molecular flexibility index (Phi) is 3.20. The molecular weight excluding hydrogens is 124 g/mol. The van der Waals surface area contributed by atoms with Gasteiger partial charge in [-0.15, -0.1) is 0 Å². The lowest BCUT2D eigenvalue weighted by molar-refractivity contribution is 0.0990. The van der Waals surface area contributed by atoms with Gasteiger partial charge in [-0.25, -0.2) is 0 Å². The molecule has 1 rings (SSSR count). The molecule has 0 saturated carbocycles. The molecule has 1 nitrogen and oxygen atoms in total. The molecule has 1 aliphatic heterocycles. The maximum atomic E-state index is 5.57. The van der Waals surface area contributed by atoms with E-state index >= 15 is 0 Å². The van der Waals surface area contributed by atoms with E-state index in [2.05, 4.69) is 13.8 Å². The van der Waals surface area contributed by atoms with Crippen molar-refractivity contribution >= 4 is 0 Å². The van der Waals surface area contributed by atoms with Crippen molar-refractivity contribution in [3.05, 3.63) is 0 Å². The first-order valence-electron chi connectivity index (χ1n) is 4.44. The lowest BCUT2D eigenvalue weighted by atomic mass is 10.0. The zero-order valence-corrected chi connectivity index (χ0v) is 7.10. The normalized spacial score (nSPS) is 33.0. The number of hydrogen-bond acceptors (Lipinski definition) is 1. The Labute approximate surface area is 63.8 Å². The summed E-state index contributed by atoms with van der Waals surface area (Å²) < 4.78 is 5.57. The van der Waals surface area contributed by atoms with Crippen molar-refractivity contribution in [3.63, 3.8) is 0 Å². The highest BCUT2D eigenvalue weighted by Crippen LogP contribution is 2.22. The van der Waals surface area contributed by atoms with Gasteiger partial charge >= 0.3 is 0 Å². The first kappa shape index (κ1) is 8.06. The second-order valence-electron chi connectivity index (χ2n) is 3.44. The summed E-state index contributed by atoms with van der Waals surface area (Å²) in [6, 6.07) is 0. The zero-order chi connectivity index (χ0) is 7.40. The van der Waals surface area contributed by atoms with E-state index in [1.807, 2.05) is 0 Å². The summed E-state index contributed by atoms with van der Waals surface area (Å²) in [6.07, 6.45) is 5.79. The summed E-state index contributed by atoms with van der Waals surface area (Å²) in [6.45, 7) is 5.50. The first-order valence-corrected chi connectivity index (χ1v) is 4.44. The smallest absolute Gasteiger partial charge is 0.0578 e. The lowest BCUT2D eigenvalue weighted by Crippen LogP contribution is -2.03. The van der Waals surface area contributed by atoms with Crippen LogP contribution in [0.5, 0.6) is 0 Å². The molecule has 1 heterocycles. The van der Waals surface area contributed by atoms with Gasteiger partial charge in [0.1, 0.15) is 0 Å². The molecular formula is C9H18O. The monoisotopic (exact) mass is 142 g/mol. The van der Waals surface area contributed by atoms with Crippen LogP contribution in [0.25, 0.3) is 0 Å². The summed E-state index contributed by atoms with van der Waals surface area (Å²) in [4.78, 5) is 0. The van der Waals surface area contributed by atoms with E-state index in [0.717, 1.165) is 12.5 Å². The van der Waals surface area contributed by atoms with Crippen molar-refractivity contribution in [2.75, 3.05) is 6.61 Å². The van der Waals surface area contributed by atoms with Gasteiger partial charge < -0.3 is 4.74 Å². The summed E-state index contributed by atoms with van der Waals surface area (Å²) in [5, 5.41) is 0. The van der Waals surface area contributed by atoms with Crippen molar-refractivity contribution in [2.45, 2.75) is 45.6 Å². The minimum Gasteiger partial charge on any atom is -0.378 e.